The molecule has 0 aliphatic carbocycles. The van der Waals surface area contributed by atoms with Crippen LogP contribution in [-0.2, 0) is 0 Å². The van der Waals surface area contributed by atoms with E-state index in [4.69, 9.17) is 9.84 Å². The zero-order chi connectivity index (χ0) is 16.8. The van der Waals surface area contributed by atoms with E-state index in [1.165, 1.54) is 13.3 Å². The van der Waals surface area contributed by atoms with Crippen LogP contribution in [0.3, 0.4) is 0 Å². The number of ether oxygens (including phenoxy) is 1. The van der Waals surface area contributed by atoms with E-state index in [0.29, 0.717) is 24.4 Å². The molecule has 0 saturated heterocycles. The van der Waals surface area contributed by atoms with Gasteiger partial charge in [0.2, 0.25) is 5.88 Å². The minimum atomic E-state index is -0.787. The van der Waals surface area contributed by atoms with Gasteiger partial charge in [-0.2, -0.15) is 0 Å². The highest BCUT2D eigenvalue weighted by molar-refractivity contribution is 5.82. The number of H-pyrrole nitrogens is 1. The van der Waals surface area contributed by atoms with E-state index in [9.17, 15) is 14.7 Å². The second-order valence-corrected chi connectivity index (χ2v) is 4.62. The van der Waals surface area contributed by atoms with E-state index >= 15 is 0 Å². The van der Waals surface area contributed by atoms with Crippen molar-refractivity contribution in [3.8, 4) is 17.3 Å². The summed E-state index contributed by atoms with van der Waals surface area (Å²) in [4.78, 5) is 30.0. The number of benzene rings is 1. The van der Waals surface area contributed by atoms with Gasteiger partial charge in [0, 0.05) is 19.4 Å². The van der Waals surface area contributed by atoms with E-state index in [1.54, 1.807) is 24.3 Å². The van der Waals surface area contributed by atoms with Gasteiger partial charge in [0.15, 0.2) is 0 Å². The number of methoxy groups -OCH3 is 1. The Kier molecular flexibility index (Phi) is 5.32. The first-order chi connectivity index (χ1) is 11.1. The number of hydrogen-bond acceptors (Lipinski definition) is 6. The summed E-state index contributed by atoms with van der Waals surface area (Å²) in [5, 5.41) is 19.0. The van der Waals surface area contributed by atoms with Crippen LogP contribution < -0.4 is 16.0 Å². The topological polar surface area (TPSA) is 117 Å². The molecule has 0 bridgehead atoms. The molecule has 2 aromatic rings. The van der Waals surface area contributed by atoms with Crippen LogP contribution in [0, 0.1) is 0 Å². The Morgan fingerprint density at radius 1 is 1.35 bits per heavy atom. The summed E-state index contributed by atoms with van der Waals surface area (Å²) in [5.41, 5.74) is -1.39. The number of aliphatic imine (C=N–C) groups is 1. The average Bonchev–Trinajstić information content (AvgIpc) is 2.54. The fraction of sp³-hybridized carbons (Fsp3) is 0.267. The van der Waals surface area contributed by atoms with Gasteiger partial charge in [-0.25, -0.2) is 9.36 Å². The summed E-state index contributed by atoms with van der Waals surface area (Å²) in [6.45, 7) is 0.267. The molecule has 1 aromatic heterocycles. The van der Waals surface area contributed by atoms with Crippen molar-refractivity contribution in [2.75, 3.05) is 20.3 Å². The molecule has 3 N–H and O–H groups in total. The lowest BCUT2D eigenvalue weighted by Gasteiger charge is -2.12. The number of aromatic hydroxyl groups is 1. The fourth-order valence-electron chi connectivity index (χ4n) is 2.01. The number of hydrogen-bond donors (Lipinski definition) is 3. The molecule has 1 heterocycles. The number of nitrogens with zero attached hydrogens (tertiary/aromatic N) is 2. The second-order valence-electron chi connectivity index (χ2n) is 4.62. The molecule has 0 unspecified atom stereocenters. The van der Waals surface area contributed by atoms with Crippen molar-refractivity contribution in [2.45, 2.75) is 6.42 Å². The molecule has 122 valence electrons. The number of aliphatic hydroxyl groups is 1. The molecule has 1 aromatic carbocycles. The zero-order valence-electron chi connectivity index (χ0n) is 12.5. The van der Waals surface area contributed by atoms with Crippen molar-refractivity contribution in [1.29, 1.82) is 0 Å². The molecular formula is C15H17N3O5. The van der Waals surface area contributed by atoms with Gasteiger partial charge in [0.25, 0.3) is 5.56 Å². The number of nitrogens with one attached hydrogen (secondary N) is 1. The molecule has 0 radical (unpaired) electrons. The first kappa shape index (κ1) is 16.5. The van der Waals surface area contributed by atoms with Gasteiger partial charge in [0.05, 0.1) is 12.8 Å². The third-order valence-corrected chi connectivity index (χ3v) is 3.11. The molecule has 0 saturated carbocycles. The van der Waals surface area contributed by atoms with E-state index < -0.39 is 17.1 Å². The number of rotatable bonds is 6. The maximum absolute atomic E-state index is 12.1. The second kappa shape index (κ2) is 7.41. The minimum Gasteiger partial charge on any atom is -0.495 e. The highest BCUT2D eigenvalue weighted by Crippen LogP contribution is 2.24. The summed E-state index contributed by atoms with van der Waals surface area (Å²) in [6.07, 6.45) is 1.61. The lowest BCUT2D eigenvalue weighted by atomic mass is 10.2. The first-order valence-electron chi connectivity index (χ1n) is 6.92. The molecule has 0 aliphatic heterocycles. The van der Waals surface area contributed by atoms with Crippen molar-refractivity contribution in [2.24, 2.45) is 4.99 Å². The monoisotopic (exact) mass is 319 g/mol. The lowest BCUT2D eigenvalue weighted by Crippen LogP contribution is -2.31. The molecule has 0 spiro atoms. The predicted molar refractivity (Wildman–Crippen MR) is 85.0 cm³/mol. The Labute approximate surface area is 131 Å². The molecule has 0 amide bonds. The normalized spacial score (nSPS) is 11.0. The maximum atomic E-state index is 12.1. The number of para-hydroxylation sites is 2. The van der Waals surface area contributed by atoms with Crippen LogP contribution in [0.15, 0.2) is 38.8 Å². The summed E-state index contributed by atoms with van der Waals surface area (Å²) >= 11 is 0. The van der Waals surface area contributed by atoms with Crippen LogP contribution in [0.2, 0.25) is 0 Å². The molecule has 0 fully saturated rings. The standard InChI is InChI=1S/C15H17N3O5/c1-23-12-6-3-2-5-11(12)18-14(21)10(9-16-7-4-8-19)13(20)17-15(18)22/h2-3,5-6,9,19,21H,4,7-8H2,1H3,(H,17,20,22). The smallest absolute Gasteiger partial charge is 0.335 e. The summed E-state index contributed by atoms with van der Waals surface area (Å²) in [6, 6.07) is 6.59. The van der Waals surface area contributed by atoms with Crippen LogP contribution in [0.5, 0.6) is 11.6 Å². The summed E-state index contributed by atoms with van der Waals surface area (Å²) in [5.74, 6) is -0.170. The Balaban J connectivity index is 2.59. The van der Waals surface area contributed by atoms with Crippen molar-refractivity contribution in [3.63, 3.8) is 0 Å². The van der Waals surface area contributed by atoms with E-state index in [-0.39, 0.29) is 12.2 Å². The Morgan fingerprint density at radius 3 is 2.78 bits per heavy atom. The largest absolute Gasteiger partial charge is 0.495 e. The van der Waals surface area contributed by atoms with Crippen LogP contribution in [0.25, 0.3) is 5.69 Å². The molecule has 8 nitrogen and oxygen atoms in total. The SMILES string of the molecule is COc1ccccc1-n1c(O)c(C=NCCCO)c(=O)[nH]c1=O. The fourth-order valence-corrected chi connectivity index (χ4v) is 2.01. The van der Waals surface area contributed by atoms with Gasteiger partial charge in [-0.05, 0) is 18.6 Å². The number of aromatic amines is 1. The van der Waals surface area contributed by atoms with Gasteiger partial charge in [0.1, 0.15) is 11.3 Å². The zero-order valence-corrected chi connectivity index (χ0v) is 12.5. The first-order valence-corrected chi connectivity index (χ1v) is 6.92. The van der Waals surface area contributed by atoms with E-state index in [2.05, 4.69) is 9.98 Å². The van der Waals surface area contributed by atoms with Gasteiger partial charge in [-0.3, -0.25) is 14.8 Å². The molecule has 2 rings (SSSR count). The number of aromatic nitrogens is 2. The lowest BCUT2D eigenvalue weighted by molar-refractivity contribution is 0.291. The van der Waals surface area contributed by atoms with Crippen LogP contribution in [-0.4, -0.2) is 46.2 Å². The van der Waals surface area contributed by atoms with Crippen molar-refractivity contribution in [1.82, 2.24) is 9.55 Å². The predicted octanol–water partition coefficient (Wildman–Crippen LogP) is 0.0413. The van der Waals surface area contributed by atoms with Crippen LogP contribution >= 0.6 is 0 Å². The Hall–Kier alpha value is -2.87. The van der Waals surface area contributed by atoms with Crippen LogP contribution in [0.1, 0.15) is 12.0 Å². The van der Waals surface area contributed by atoms with Crippen molar-refractivity contribution < 1.29 is 14.9 Å². The van der Waals surface area contributed by atoms with Gasteiger partial charge >= 0.3 is 5.69 Å². The van der Waals surface area contributed by atoms with Crippen LogP contribution in [0.4, 0.5) is 0 Å². The maximum Gasteiger partial charge on any atom is 0.335 e. The van der Waals surface area contributed by atoms with Gasteiger partial charge < -0.3 is 14.9 Å². The third kappa shape index (κ3) is 3.49. The van der Waals surface area contributed by atoms with E-state index in [0.717, 1.165) is 4.57 Å². The van der Waals surface area contributed by atoms with Crippen molar-refractivity contribution in [3.05, 3.63) is 50.7 Å². The molecular weight excluding hydrogens is 302 g/mol. The summed E-state index contributed by atoms with van der Waals surface area (Å²) in [7, 11) is 1.43. The van der Waals surface area contributed by atoms with Gasteiger partial charge in [-0.1, -0.05) is 12.1 Å². The molecule has 23 heavy (non-hydrogen) atoms. The van der Waals surface area contributed by atoms with Gasteiger partial charge in [-0.15, -0.1) is 0 Å². The molecule has 0 aliphatic rings. The highest BCUT2D eigenvalue weighted by Gasteiger charge is 2.16. The Morgan fingerprint density at radius 2 is 2.09 bits per heavy atom. The molecule has 0 atom stereocenters. The summed E-state index contributed by atoms with van der Waals surface area (Å²) < 4.78 is 6.11. The molecule has 8 heteroatoms. The minimum absolute atomic E-state index is 0.0274. The Bertz CT molecular complexity index is 823. The average molecular weight is 319 g/mol. The third-order valence-electron chi connectivity index (χ3n) is 3.11. The highest BCUT2D eigenvalue weighted by atomic mass is 16.5. The quantitative estimate of drug-likeness (QED) is 0.513. The van der Waals surface area contributed by atoms with Crippen molar-refractivity contribution >= 4 is 6.21 Å². The number of aliphatic hydroxyl groups excluding tert-OH is 1. The van der Waals surface area contributed by atoms with E-state index in [1.807, 2.05) is 0 Å².